The van der Waals surface area contributed by atoms with Crippen LogP contribution in [0.1, 0.15) is 55.0 Å². The average molecular weight is 631 g/mol. The highest BCUT2D eigenvalue weighted by Crippen LogP contribution is 2.36. The largest absolute Gasteiger partial charge is 0.493 e. The van der Waals surface area contributed by atoms with E-state index in [0.29, 0.717) is 45.4 Å². The summed E-state index contributed by atoms with van der Waals surface area (Å²) in [5.41, 5.74) is 2.11. The van der Waals surface area contributed by atoms with Gasteiger partial charge in [0.2, 0.25) is 0 Å². The van der Waals surface area contributed by atoms with Crippen molar-refractivity contribution >= 4 is 55.4 Å². The molecule has 41 heavy (non-hydrogen) atoms. The highest BCUT2D eigenvalue weighted by atomic mass is 79.9. The summed E-state index contributed by atoms with van der Waals surface area (Å²) >= 11 is 9.96. The maximum absolute atomic E-state index is 13.8. The van der Waals surface area contributed by atoms with Crippen LogP contribution < -0.4 is 15.0 Å². The fraction of sp³-hybridized carbons (Fsp3) is 0.242. The van der Waals surface area contributed by atoms with Crippen LogP contribution in [-0.2, 0) is 6.61 Å². The first-order valence-electron chi connectivity index (χ1n) is 13.8. The van der Waals surface area contributed by atoms with Gasteiger partial charge in [0, 0.05) is 27.0 Å². The maximum Gasteiger partial charge on any atom is 0.282 e. The molecule has 5 aromatic rings. The molecule has 0 spiro atoms. The van der Waals surface area contributed by atoms with E-state index >= 15 is 0 Å². The van der Waals surface area contributed by atoms with Gasteiger partial charge in [0.1, 0.15) is 12.4 Å². The molecule has 1 aromatic heterocycles. The summed E-state index contributed by atoms with van der Waals surface area (Å²) in [7, 11) is 1.58. The zero-order chi connectivity index (χ0) is 28.3. The lowest BCUT2D eigenvalue weighted by molar-refractivity contribution is 0.285. The van der Waals surface area contributed by atoms with Crippen molar-refractivity contribution in [1.82, 2.24) is 9.66 Å². The van der Waals surface area contributed by atoms with Gasteiger partial charge in [-0.3, -0.25) is 4.79 Å². The van der Waals surface area contributed by atoms with Crippen LogP contribution in [0.15, 0.2) is 87.2 Å². The van der Waals surface area contributed by atoms with Crippen LogP contribution in [-0.4, -0.2) is 23.0 Å². The Hall–Kier alpha value is -3.68. The van der Waals surface area contributed by atoms with E-state index in [1.165, 1.54) is 11.1 Å². The van der Waals surface area contributed by atoms with Crippen molar-refractivity contribution in [3.63, 3.8) is 0 Å². The number of methoxy groups -OCH3 is 1. The summed E-state index contributed by atoms with van der Waals surface area (Å²) in [6.07, 6.45) is 7.00. The minimum atomic E-state index is -0.208. The molecule has 0 bridgehead atoms. The van der Waals surface area contributed by atoms with Gasteiger partial charge in [0.25, 0.3) is 5.56 Å². The first kappa shape index (κ1) is 27.5. The zero-order valence-electron chi connectivity index (χ0n) is 22.6. The van der Waals surface area contributed by atoms with Crippen molar-refractivity contribution < 1.29 is 9.47 Å². The van der Waals surface area contributed by atoms with E-state index in [4.69, 9.17) is 31.2 Å². The van der Waals surface area contributed by atoms with Crippen molar-refractivity contribution in [2.45, 2.75) is 44.6 Å². The molecule has 8 heteroatoms. The van der Waals surface area contributed by atoms with E-state index in [1.807, 2.05) is 36.4 Å². The summed E-state index contributed by atoms with van der Waals surface area (Å²) in [6.45, 7) is 0.318. The Morgan fingerprint density at radius 1 is 1.02 bits per heavy atom. The van der Waals surface area contributed by atoms with Crippen LogP contribution in [0.25, 0.3) is 21.7 Å². The molecule has 4 aromatic carbocycles. The third-order valence-corrected chi connectivity index (χ3v) is 8.35. The SMILES string of the molecule is COc1cc(Cl)cc(C=Nn2c(C3CCCCC3)nc3ccc(Br)cc3c2=O)c1OCc1cccc2ccccc12. The average Bonchev–Trinajstić information content (AvgIpc) is 3.00. The molecule has 0 saturated heterocycles. The van der Waals surface area contributed by atoms with E-state index < -0.39 is 0 Å². The van der Waals surface area contributed by atoms with Crippen LogP contribution in [0.2, 0.25) is 5.02 Å². The molecule has 6 rings (SSSR count). The molecule has 1 saturated carbocycles. The summed E-state index contributed by atoms with van der Waals surface area (Å²) in [5.74, 6) is 1.84. The van der Waals surface area contributed by atoms with E-state index in [9.17, 15) is 4.79 Å². The fourth-order valence-electron chi connectivity index (χ4n) is 5.58. The van der Waals surface area contributed by atoms with Gasteiger partial charge < -0.3 is 9.47 Å². The van der Waals surface area contributed by atoms with E-state index in [-0.39, 0.29) is 11.5 Å². The molecule has 0 atom stereocenters. The summed E-state index contributed by atoms with van der Waals surface area (Å²) in [4.78, 5) is 18.7. The van der Waals surface area contributed by atoms with Crippen LogP contribution in [0.3, 0.4) is 0 Å². The van der Waals surface area contributed by atoms with Gasteiger partial charge in [0.05, 0.1) is 24.2 Å². The predicted octanol–water partition coefficient (Wildman–Crippen LogP) is 8.48. The number of halogens is 2. The molecule has 6 nitrogen and oxygen atoms in total. The van der Waals surface area contributed by atoms with Crippen molar-refractivity contribution in [2.75, 3.05) is 7.11 Å². The fourth-order valence-corrected chi connectivity index (χ4v) is 6.16. The minimum absolute atomic E-state index is 0.164. The standard InChI is InChI=1S/C33H29BrClN3O3/c1-40-30-18-26(35)16-24(31(30)41-20-23-12-7-11-21-8-5-6-13-27(21)23)19-36-38-32(22-9-3-2-4-10-22)37-29-15-14-25(34)17-28(29)33(38)39/h5-8,11-19,22H,2-4,9-10,20H2,1H3. The summed E-state index contributed by atoms with van der Waals surface area (Å²) in [6, 6.07) is 23.4. The van der Waals surface area contributed by atoms with Gasteiger partial charge in [-0.1, -0.05) is 89.3 Å². The van der Waals surface area contributed by atoms with Gasteiger partial charge in [0.15, 0.2) is 11.5 Å². The maximum atomic E-state index is 13.8. The zero-order valence-corrected chi connectivity index (χ0v) is 25.0. The second-order valence-electron chi connectivity index (χ2n) is 10.3. The third-order valence-electron chi connectivity index (χ3n) is 7.64. The van der Waals surface area contributed by atoms with Crippen molar-refractivity contribution in [1.29, 1.82) is 0 Å². The monoisotopic (exact) mass is 629 g/mol. The third kappa shape index (κ3) is 5.74. The molecule has 0 unspecified atom stereocenters. The number of rotatable bonds is 7. The molecule has 0 N–H and O–H groups in total. The lowest BCUT2D eigenvalue weighted by Gasteiger charge is -2.23. The molecule has 0 aliphatic heterocycles. The Balaban J connectivity index is 1.43. The second-order valence-corrected chi connectivity index (χ2v) is 11.6. The second kappa shape index (κ2) is 12.0. The molecule has 1 fully saturated rings. The van der Waals surface area contributed by atoms with Crippen LogP contribution in [0.4, 0.5) is 0 Å². The first-order valence-corrected chi connectivity index (χ1v) is 14.9. The smallest absolute Gasteiger partial charge is 0.282 e. The minimum Gasteiger partial charge on any atom is -0.493 e. The van der Waals surface area contributed by atoms with E-state index in [2.05, 4.69) is 34.1 Å². The normalized spacial score (nSPS) is 14.2. The molecule has 1 heterocycles. The number of aromatic nitrogens is 2. The number of fused-ring (bicyclic) bond motifs is 2. The quantitative estimate of drug-likeness (QED) is 0.169. The highest BCUT2D eigenvalue weighted by Gasteiger charge is 2.23. The molecule has 208 valence electrons. The number of hydrogen-bond donors (Lipinski definition) is 0. The molecule has 1 aliphatic carbocycles. The van der Waals surface area contributed by atoms with Gasteiger partial charge in [-0.25, -0.2) is 4.98 Å². The Kier molecular flexibility index (Phi) is 8.08. The lowest BCUT2D eigenvalue weighted by Crippen LogP contribution is -2.25. The van der Waals surface area contributed by atoms with Gasteiger partial charge >= 0.3 is 0 Å². The van der Waals surface area contributed by atoms with Crippen molar-refractivity contribution in [3.05, 3.63) is 110 Å². The van der Waals surface area contributed by atoms with Crippen molar-refractivity contribution in [3.8, 4) is 11.5 Å². The Morgan fingerprint density at radius 3 is 2.66 bits per heavy atom. The lowest BCUT2D eigenvalue weighted by atomic mass is 9.88. The van der Waals surface area contributed by atoms with E-state index in [1.54, 1.807) is 31.5 Å². The first-order chi connectivity index (χ1) is 20.0. The highest BCUT2D eigenvalue weighted by molar-refractivity contribution is 9.10. The molecule has 0 radical (unpaired) electrons. The Bertz CT molecular complexity index is 1820. The molecular formula is C33H29BrClN3O3. The predicted molar refractivity (Wildman–Crippen MR) is 169 cm³/mol. The Labute approximate surface area is 251 Å². The van der Waals surface area contributed by atoms with Crippen LogP contribution >= 0.6 is 27.5 Å². The summed E-state index contributed by atoms with van der Waals surface area (Å²) < 4.78 is 14.3. The molecular weight excluding hydrogens is 602 g/mol. The van der Waals surface area contributed by atoms with Crippen LogP contribution in [0.5, 0.6) is 11.5 Å². The van der Waals surface area contributed by atoms with E-state index in [0.717, 1.165) is 46.5 Å². The topological polar surface area (TPSA) is 65.7 Å². The number of hydrogen-bond acceptors (Lipinski definition) is 5. The molecule has 1 aliphatic rings. The number of benzene rings is 4. The molecule has 0 amide bonds. The van der Waals surface area contributed by atoms with Crippen LogP contribution in [0, 0.1) is 0 Å². The summed E-state index contributed by atoms with van der Waals surface area (Å²) in [5, 5.41) is 7.96. The van der Waals surface area contributed by atoms with Gasteiger partial charge in [-0.05, 0) is 53.4 Å². The van der Waals surface area contributed by atoms with Gasteiger partial charge in [-0.15, -0.1) is 0 Å². The Morgan fingerprint density at radius 2 is 1.83 bits per heavy atom. The number of nitrogens with zero attached hydrogens (tertiary/aromatic N) is 3. The van der Waals surface area contributed by atoms with Crippen molar-refractivity contribution in [2.24, 2.45) is 5.10 Å². The number of ether oxygens (including phenoxy) is 2. The van der Waals surface area contributed by atoms with Gasteiger partial charge in [-0.2, -0.15) is 9.78 Å².